The van der Waals surface area contributed by atoms with Gasteiger partial charge in [0.2, 0.25) is 0 Å². The Kier molecular flexibility index (Phi) is 620. The monoisotopic (exact) mass is 206 g/mol. The van der Waals surface area contributed by atoms with E-state index in [1.807, 2.05) is 0 Å². The summed E-state index contributed by atoms with van der Waals surface area (Å²) >= 11 is 0. The van der Waals surface area contributed by atoms with E-state index in [2.05, 4.69) is 0 Å². The van der Waals surface area contributed by atoms with Crippen LogP contribution in [-0.4, -0.2) is 16.4 Å². The third-order valence-corrected chi connectivity index (χ3v) is 0. The molecule has 0 spiro atoms. The second kappa shape index (κ2) is 49.7. The van der Waals surface area contributed by atoms with Crippen molar-refractivity contribution in [2.45, 2.75) is 0 Å². The topological polar surface area (TPSA) is 94.5 Å². The smallest absolute Gasteiger partial charge is 1.00 e. The molecule has 0 saturated heterocycles. The molecule has 0 aromatic carbocycles. The van der Waals surface area contributed by atoms with Crippen molar-refractivity contribution in [2.75, 3.05) is 0 Å². The molecule has 3 nitrogen and oxygen atoms in total. The minimum atomic E-state index is 0. The van der Waals surface area contributed by atoms with Gasteiger partial charge in [0.25, 0.3) is 0 Å². The Hall–Kier alpha value is 2.56. The molecule has 0 aromatic heterocycles. The van der Waals surface area contributed by atoms with E-state index in [0.29, 0.717) is 0 Å². The van der Waals surface area contributed by atoms with Gasteiger partial charge in [-0.15, -0.1) is 0 Å². The molecule has 0 atom stereocenters. The van der Waals surface area contributed by atoms with E-state index >= 15 is 0 Å². The molecule has 42 valence electrons. The zero-order chi connectivity index (χ0) is 0. The van der Waals surface area contributed by atoms with Gasteiger partial charge < -0.3 is 17.9 Å². The predicted molar refractivity (Wildman–Crippen MR) is 12.0 cm³/mol. The van der Waals surface area contributed by atoms with Gasteiger partial charge in [0.05, 0.1) is 0 Å². The van der Waals surface area contributed by atoms with Crippen LogP contribution in [0.1, 0.15) is 1.43 Å². The van der Waals surface area contributed by atoms with Crippen molar-refractivity contribution in [3.8, 4) is 0 Å². The summed E-state index contributed by atoms with van der Waals surface area (Å²) in [4.78, 5) is 0. The van der Waals surface area contributed by atoms with Crippen molar-refractivity contribution in [3.63, 3.8) is 0 Å². The van der Waals surface area contributed by atoms with E-state index in [1.54, 1.807) is 0 Å². The van der Waals surface area contributed by atoms with Gasteiger partial charge in [0.1, 0.15) is 0 Å². The van der Waals surface area contributed by atoms with Gasteiger partial charge in [-0.3, -0.25) is 0 Å². The predicted octanol–water partition coefficient (Wildman–Crippen LogP) is -5.36. The van der Waals surface area contributed by atoms with Crippen molar-refractivity contribution in [1.82, 2.24) is 0 Å². The van der Waals surface area contributed by atoms with Crippen molar-refractivity contribution in [2.24, 2.45) is 0 Å². The van der Waals surface area contributed by atoms with Crippen molar-refractivity contribution in [1.29, 1.82) is 0 Å². The summed E-state index contributed by atoms with van der Waals surface area (Å²) in [5.41, 5.74) is 0. The summed E-state index contributed by atoms with van der Waals surface area (Å²) < 4.78 is 0. The first-order valence-corrected chi connectivity index (χ1v) is 0. The van der Waals surface area contributed by atoms with Crippen LogP contribution in [0.15, 0.2) is 0 Å². The van der Waals surface area contributed by atoms with Gasteiger partial charge in [-0.05, 0) is 0 Å². The van der Waals surface area contributed by atoms with Crippen LogP contribution < -0.4 is 51.4 Å². The van der Waals surface area contributed by atoms with Gasteiger partial charge in [0.15, 0.2) is 0 Å². The van der Waals surface area contributed by atoms with E-state index in [-0.39, 0.29) is 103 Å². The quantitative estimate of drug-likeness (QED) is 0.353. The van der Waals surface area contributed by atoms with Crippen LogP contribution in [0.5, 0.6) is 0 Å². The van der Waals surface area contributed by atoms with Gasteiger partial charge in [-0.1, -0.05) is 0 Å². The van der Waals surface area contributed by atoms with Gasteiger partial charge in [-0.2, -0.15) is 0 Å². The maximum Gasteiger partial charge on any atom is 1.00 e. The molecule has 0 saturated carbocycles. The summed E-state index contributed by atoms with van der Waals surface area (Å²) in [7, 11) is 0. The van der Waals surface area contributed by atoms with Crippen LogP contribution in [0.2, 0.25) is 0 Å². The maximum atomic E-state index is 0. The van der Waals surface area contributed by atoms with E-state index in [4.69, 9.17) is 0 Å². The molecule has 0 aliphatic carbocycles. The Morgan fingerprint density at radius 3 is 0.667 bits per heavy atom. The summed E-state index contributed by atoms with van der Waals surface area (Å²) in [5.74, 6) is 0. The fraction of sp³-hybridized carbons (Fsp3) is 0. The Bertz CT molecular complexity index is 12.9. The summed E-state index contributed by atoms with van der Waals surface area (Å²) in [6, 6.07) is 0. The summed E-state index contributed by atoms with van der Waals surface area (Å²) in [6.07, 6.45) is 0. The largest absolute Gasteiger partial charge is 1.00 e. The Morgan fingerprint density at radius 1 is 0.667 bits per heavy atom. The molecule has 0 bridgehead atoms. The minimum absolute atomic E-state index is 0. The Labute approximate surface area is 101 Å². The SMILES string of the molecule is O.O.O.[Fe].[Fe].[H-].[K+]. The molecule has 0 amide bonds. The molecular weight excluding hydrogens is 199 g/mol. The van der Waals surface area contributed by atoms with Crippen LogP contribution in [0.4, 0.5) is 0 Å². The summed E-state index contributed by atoms with van der Waals surface area (Å²) in [6.45, 7) is 0. The standard InChI is InChI=1S/2Fe.K.3H2O.H/h;;;3*1H2;/q;;+1;;;;-1. The molecule has 6 N–H and O–H groups in total. The van der Waals surface area contributed by atoms with E-state index in [0.717, 1.165) is 0 Å². The van der Waals surface area contributed by atoms with Gasteiger partial charge >= 0.3 is 51.4 Å². The zero-order valence-electron chi connectivity index (χ0n) is 4.21. The molecular formula is H7Fe2KO3. The molecule has 0 heterocycles. The van der Waals surface area contributed by atoms with Crippen LogP contribution in [0.3, 0.4) is 0 Å². The second-order valence-electron chi connectivity index (χ2n) is 0. The van der Waals surface area contributed by atoms with Gasteiger partial charge in [-0.25, -0.2) is 0 Å². The average molecular weight is 206 g/mol. The van der Waals surface area contributed by atoms with E-state index in [1.165, 1.54) is 0 Å². The first kappa shape index (κ1) is 74.8. The van der Waals surface area contributed by atoms with E-state index in [9.17, 15) is 0 Å². The number of hydrogen-bond acceptors (Lipinski definition) is 0. The minimum Gasteiger partial charge on any atom is -1.00 e. The Morgan fingerprint density at radius 2 is 0.667 bits per heavy atom. The number of hydrogen-bond donors (Lipinski definition) is 0. The molecule has 0 aliphatic rings. The molecule has 0 unspecified atom stereocenters. The molecule has 6 heavy (non-hydrogen) atoms. The molecule has 0 aromatic rings. The number of rotatable bonds is 0. The molecule has 0 radical (unpaired) electrons. The first-order chi connectivity index (χ1) is 0. The van der Waals surface area contributed by atoms with Gasteiger partial charge in [0, 0.05) is 34.1 Å². The van der Waals surface area contributed by atoms with Crippen molar-refractivity contribution >= 4 is 0 Å². The average Bonchev–Trinajstić information content (AvgIpc) is 0. The third kappa shape index (κ3) is 31.0. The van der Waals surface area contributed by atoms with E-state index < -0.39 is 0 Å². The van der Waals surface area contributed by atoms with Crippen LogP contribution in [-0.2, 0) is 34.1 Å². The molecule has 6 heteroatoms. The van der Waals surface area contributed by atoms with Crippen LogP contribution >= 0.6 is 0 Å². The summed E-state index contributed by atoms with van der Waals surface area (Å²) in [5, 5.41) is 0. The maximum absolute atomic E-state index is 0. The van der Waals surface area contributed by atoms with Crippen LogP contribution in [0, 0.1) is 0 Å². The van der Waals surface area contributed by atoms with Crippen LogP contribution in [0.25, 0.3) is 0 Å². The van der Waals surface area contributed by atoms with Crippen molar-refractivity contribution < 1.29 is 103 Å². The second-order valence-corrected chi connectivity index (χ2v) is 0. The molecule has 0 fully saturated rings. The molecule has 0 rings (SSSR count). The third-order valence-electron chi connectivity index (χ3n) is 0. The molecule has 0 aliphatic heterocycles. The van der Waals surface area contributed by atoms with Crippen molar-refractivity contribution in [3.05, 3.63) is 0 Å². The normalized spacial score (nSPS) is 0. The zero-order valence-corrected chi connectivity index (χ0v) is 8.54. The fourth-order valence-corrected chi connectivity index (χ4v) is 0. The Balaban J connectivity index is 0. The fourth-order valence-electron chi connectivity index (χ4n) is 0. The first-order valence-electron chi connectivity index (χ1n) is 0.